The normalized spacial score (nSPS) is 14.2. The van der Waals surface area contributed by atoms with E-state index < -0.39 is 0 Å². The lowest BCUT2D eigenvalue weighted by Gasteiger charge is -2.07. The lowest BCUT2D eigenvalue weighted by atomic mass is 10.1. The van der Waals surface area contributed by atoms with Crippen LogP contribution in [0.4, 0.5) is 0 Å². The van der Waals surface area contributed by atoms with Crippen molar-refractivity contribution < 1.29 is 0 Å². The molecule has 1 rings (SSSR count). The van der Waals surface area contributed by atoms with Crippen molar-refractivity contribution in [1.29, 1.82) is 0 Å². The van der Waals surface area contributed by atoms with Crippen LogP contribution in [0.1, 0.15) is 38.8 Å². The molecule has 1 heteroatoms. The highest BCUT2D eigenvalue weighted by molar-refractivity contribution is 5.81. The van der Waals surface area contributed by atoms with Crippen LogP contribution >= 0.6 is 0 Å². The highest BCUT2D eigenvalue weighted by atomic mass is 14.8. The largest absolute Gasteiger partial charge is 0.287 e. The average molecular weight is 175 g/mol. The van der Waals surface area contributed by atoms with E-state index in [2.05, 4.69) is 50.0 Å². The first kappa shape index (κ1) is 9.97. The van der Waals surface area contributed by atoms with E-state index in [0.29, 0.717) is 6.04 Å². The molecule has 1 nitrogen and oxygen atoms in total. The molecule has 0 spiro atoms. The van der Waals surface area contributed by atoms with Crippen molar-refractivity contribution in [1.82, 2.24) is 0 Å². The number of nitrogens with zero attached hydrogens (tertiary/aromatic N) is 1. The van der Waals surface area contributed by atoms with Gasteiger partial charge in [0.25, 0.3) is 0 Å². The summed E-state index contributed by atoms with van der Waals surface area (Å²) < 4.78 is 0. The smallest absolute Gasteiger partial charge is 0.0720 e. The molecule has 0 aliphatic heterocycles. The molecule has 0 amide bonds. The third-order valence-electron chi connectivity index (χ3n) is 2.21. The molecule has 13 heavy (non-hydrogen) atoms. The van der Waals surface area contributed by atoms with E-state index in [9.17, 15) is 0 Å². The van der Waals surface area contributed by atoms with Crippen molar-refractivity contribution in [2.24, 2.45) is 4.99 Å². The van der Waals surface area contributed by atoms with Crippen LogP contribution < -0.4 is 0 Å². The fourth-order valence-electron chi connectivity index (χ4n) is 1.23. The molecular weight excluding hydrogens is 158 g/mol. The maximum atomic E-state index is 4.58. The zero-order chi connectivity index (χ0) is 9.68. The molecule has 1 atom stereocenters. The van der Waals surface area contributed by atoms with Gasteiger partial charge >= 0.3 is 0 Å². The van der Waals surface area contributed by atoms with Gasteiger partial charge in [-0.2, -0.15) is 0 Å². The van der Waals surface area contributed by atoms with Crippen molar-refractivity contribution >= 4 is 5.71 Å². The molecule has 0 saturated heterocycles. The molecule has 0 radical (unpaired) electrons. The zero-order valence-corrected chi connectivity index (χ0v) is 8.62. The standard InChI is InChI=1S/C12H17N/c1-4-10(2)13-11(3)12-8-6-5-7-9-12/h5-9,11H,4H2,1-3H3. The van der Waals surface area contributed by atoms with Gasteiger partial charge in [0.2, 0.25) is 0 Å². The Labute approximate surface area is 80.5 Å². The van der Waals surface area contributed by atoms with Gasteiger partial charge in [0.1, 0.15) is 0 Å². The van der Waals surface area contributed by atoms with Crippen LogP contribution in [0.3, 0.4) is 0 Å². The Balaban J connectivity index is 2.75. The van der Waals surface area contributed by atoms with Gasteiger partial charge in [-0.25, -0.2) is 0 Å². The Bertz CT molecular complexity index is 274. The quantitative estimate of drug-likeness (QED) is 0.622. The van der Waals surface area contributed by atoms with E-state index in [0.717, 1.165) is 6.42 Å². The minimum Gasteiger partial charge on any atom is -0.287 e. The number of rotatable bonds is 3. The van der Waals surface area contributed by atoms with E-state index in [4.69, 9.17) is 0 Å². The molecule has 0 fully saturated rings. The van der Waals surface area contributed by atoms with Gasteiger partial charge in [-0.15, -0.1) is 0 Å². The zero-order valence-electron chi connectivity index (χ0n) is 8.62. The highest BCUT2D eigenvalue weighted by Crippen LogP contribution is 2.16. The molecule has 0 aliphatic rings. The van der Waals surface area contributed by atoms with Gasteiger partial charge in [-0.05, 0) is 25.8 Å². The maximum absolute atomic E-state index is 4.58. The lowest BCUT2D eigenvalue weighted by Crippen LogP contribution is -1.94. The fraction of sp³-hybridized carbons (Fsp3) is 0.417. The maximum Gasteiger partial charge on any atom is 0.0720 e. The second-order valence-electron chi connectivity index (χ2n) is 3.30. The van der Waals surface area contributed by atoms with E-state index >= 15 is 0 Å². The topological polar surface area (TPSA) is 12.4 Å². The second-order valence-corrected chi connectivity index (χ2v) is 3.30. The van der Waals surface area contributed by atoms with Crippen LogP contribution in [0.15, 0.2) is 35.3 Å². The van der Waals surface area contributed by atoms with Crippen LogP contribution in [-0.2, 0) is 0 Å². The molecular formula is C12H17N. The molecule has 0 N–H and O–H groups in total. The van der Waals surface area contributed by atoms with E-state index in [-0.39, 0.29) is 0 Å². The van der Waals surface area contributed by atoms with Gasteiger partial charge in [-0.1, -0.05) is 37.3 Å². The number of benzene rings is 1. The summed E-state index contributed by atoms with van der Waals surface area (Å²) in [5.74, 6) is 0. The summed E-state index contributed by atoms with van der Waals surface area (Å²) >= 11 is 0. The summed E-state index contributed by atoms with van der Waals surface area (Å²) in [7, 11) is 0. The minimum atomic E-state index is 0.293. The molecule has 1 aromatic carbocycles. The summed E-state index contributed by atoms with van der Waals surface area (Å²) in [6.45, 7) is 6.35. The molecule has 0 heterocycles. The third kappa shape index (κ3) is 3.02. The monoisotopic (exact) mass is 175 g/mol. The van der Waals surface area contributed by atoms with Crippen LogP contribution in [0.2, 0.25) is 0 Å². The molecule has 70 valence electrons. The van der Waals surface area contributed by atoms with Crippen molar-refractivity contribution in [2.45, 2.75) is 33.2 Å². The summed E-state index contributed by atoms with van der Waals surface area (Å²) in [4.78, 5) is 4.58. The summed E-state index contributed by atoms with van der Waals surface area (Å²) in [6.07, 6.45) is 1.04. The second kappa shape index (κ2) is 4.80. The van der Waals surface area contributed by atoms with E-state index in [1.807, 2.05) is 6.07 Å². The summed E-state index contributed by atoms with van der Waals surface area (Å²) in [6, 6.07) is 10.7. The molecule has 0 saturated carbocycles. The SMILES string of the molecule is CCC(C)=NC(C)c1ccccc1. The summed E-state index contributed by atoms with van der Waals surface area (Å²) in [5, 5.41) is 0. The molecule has 0 aromatic heterocycles. The predicted octanol–water partition coefficient (Wildman–Crippen LogP) is 3.62. The Hall–Kier alpha value is -1.11. The van der Waals surface area contributed by atoms with Gasteiger partial charge in [0.05, 0.1) is 6.04 Å². The molecule has 0 bridgehead atoms. The van der Waals surface area contributed by atoms with Crippen molar-refractivity contribution in [2.75, 3.05) is 0 Å². The van der Waals surface area contributed by atoms with Gasteiger partial charge in [-0.3, -0.25) is 4.99 Å². The number of hydrogen-bond donors (Lipinski definition) is 0. The van der Waals surface area contributed by atoms with E-state index in [1.54, 1.807) is 0 Å². The van der Waals surface area contributed by atoms with Crippen molar-refractivity contribution in [3.05, 3.63) is 35.9 Å². The first-order valence-corrected chi connectivity index (χ1v) is 4.82. The lowest BCUT2D eigenvalue weighted by molar-refractivity contribution is 0.814. The molecule has 0 aliphatic carbocycles. The van der Waals surface area contributed by atoms with Crippen LogP contribution in [0.5, 0.6) is 0 Å². The van der Waals surface area contributed by atoms with Crippen LogP contribution in [-0.4, -0.2) is 5.71 Å². The third-order valence-corrected chi connectivity index (χ3v) is 2.21. The Morgan fingerprint density at radius 2 is 1.92 bits per heavy atom. The van der Waals surface area contributed by atoms with Crippen LogP contribution in [0.25, 0.3) is 0 Å². The number of hydrogen-bond acceptors (Lipinski definition) is 1. The van der Waals surface area contributed by atoms with Gasteiger partial charge < -0.3 is 0 Å². The van der Waals surface area contributed by atoms with Crippen molar-refractivity contribution in [3.8, 4) is 0 Å². The Kier molecular flexibility index (Phi) is 3.69. The predicted molar refractivity (Wildman–Crippen MR) is 58.3 cm³/mol. The summed E-state index contributed by atoms with van der Waals surface area (Å²) in [5.41, 5.74) is 2.51. The first-order chi connectivity index (χ1) is 6.24. The van der Waals surface area contributed by atoms with E-state index in [1.165, 1.54) is 11.3 Å². The highest BCUT2D eigenvalue weighted by Gasteiger charge is 2.01. The Morgan fingerprint density at radius 3 is 2.46 bits per heavy atom. The average Bonchev–Trinajstić information content (AvgIpc) is 2.19. The molecule has 1 unspecified atom stereocenters. The number of aliphatic imine (C=N–C) groups is 1. The molecule has 1 aromatic rings. The first-order valence-electron chi connectivity index (χ1n) is 4.82. The van der Waals surface area contributed by atoms with Gasteiger partial charge in [0, 0.05) is 5.71 Å². The van der Waals surface area contributed by atoms with Crippen molar-refractivity contribution in [3.63, 3.8) is 0 Å². The van der Waals surface area contributed by atoms with Crippen LogP contribution in [0, 0.1) is 0 Å². The van der Waals surface area contributed by atoms with Gasteiger partial charge in [0.15, 0.2) is 0 Å². The Morgan fingerprint density at radius 1 is 1.31 bits per heavy atom. The minimum absolute atomic E-state index is 0.293. The fourth-order valence-corrected chi connectivity index (χ4v) is 1.23.